The lowest BCUT2D eigenvalue weighted by Gasteiger charge is -2.19. The standard InChI is InChI=1S/C22H26ClN3O5/c1-22(2,3)31-21(29)24-11-10-19(27)25-15-6-5-7-16(13-15)26-20(28)17-12-14(23)8-9-18(17)30-4/h5-9,12-13H,10-11H2,1-4H3,(H,24,29)(H,25,27)(H,26,28). The first kappa shape index (κ1) is 24.0. The van der Waals surface area contributed by atoms with Gasteiger partial charge in [-0.1, -0.05) is 17.7 Å². The van der Waals surface area contributed by atoms with Crippen LogP contribution in [0.2, 0.25) is 5.02 Å². The van der Waals surface area contributed by atoms with Gasteiger partial charge >= 0.3 is 6.09 Å². The third-order valence-electron chi connectivity index (χ3n) is 3.83. The highest BCUT2D eigenvalue weighted by atomic mass is 35.5. The van der Waals surface area contributed by atoms with E-state index in [-0.39, 0.29) is 24.4 Å². The third kappa shape index (κ3) is 8.18. The van der Waals surface area contributed by atoms with Crippen molar-refractivity contribution in [3.05, 3.63) is 53.1 Å². The Morgan fingerprint density at radius 2 is 1.68 bits per heavy atom. The molecule has 0 fully saturated rings. The summed E-state index contributed by atoms with van der Waals surface area (Å²) in [5.74, 6) is -0.302. The zero-order valence-electron chi connectivity index (χ0n) is 17.9. The number of ether oxygens (including phenoxy) is 2. The van der Waals surface area contributed by atoms with Crippen molar-refractivity contribution in [2.45, 2.75) is 32.8 Å². The highest BCUT2D eigenvalue weighted by Gasteiger charge is 2.16. The number of anilines is 2. The monoisotopic (exact) mass is 447 g/mol. The molecule has 2 rings (SSSR count). The van der Waals surface area contributed by atoms with Crippen molar-refractivity contribution in [3.63, 3.8) is 0 Å². The lowest BCUT2D eigenvalue weighted by atomic mass is 10.1. The second-order valence-corrected chi connectivity index (χ2v) is 8.04. The molecule has 3 N–H and O–H groups in total. The summed E-state index contributed by atoms with van der Waals surface area (Å²) in [6.45, 7) is 5.40. The van der Waals surface area contributed by atoms with E-state index in [4.69, 9.17) is 21.1 Å². The molecule has 0 radical (unpaired) electrons. The van der Waals surface area contributed by atoms with Crippen molar-refractivity contribution in [1.82, 2.24) is 5.32 Å². The second kappa shape index (κ2) is 10.7. The van der Waals surface area contributed by atoms with E-state index in [2.05, 4.69) is 16.0 Å². The average Bonchev–Trinajstić information content (AvgIpc) is 2.66. The van der Waals surface area contributed by atoms with Gasteiger partial charge in [-0.2, -0.15) is 0 Å². The molecule has 2 aromatic carbocycles. The number of nitrogens with one attached hydrogen (secondary N) is 3. The Morgan fingerprint density at radius 3 is 2.32 bits per heavy atom. The molecule has 9 heteroatoms. The molecule has 2 aromatic rings. The quantitative estimate of drug-likeness (QED) is 0.581. The molecule has 0 heterocycles. The minimum atomic E-state index is -0.605. The first-order valence-electron chi connectivity index (χ1n) is 9.59. The van der Waals surface area contributed by atoms with E-state index in [0.29, 0.717) is 22.1 Å². The maximum Gasteiger partial charge on any atom is 0.407 e. The van der Waals surface area contributed by atoms with E-state index in [1.807, 2.05) is 0 Å². The lowest BCUT2D eigenvalue weighted by molar-refractivity contribution is -0.116. The van der Waals surface area contributed by atoms with Crippen LogP contribution in [0.15, 0.2) is 42.5 Å². The molecule has 0 unspecified atom stereocenters. The fourth-order valence-electron chi connectivity index (χ4n) is 2.55. The molecule has 166 valence electrons. The maximum absolute atomic E-state index is 12.6. The van der Waals surface area contributed by atoms with Gasteiger partial charge in [0.2, 0.25) is 5.91 Å². The predicted molar refractivity (Wildman–Crippen MR) is 120 cm³/mol. The summed E-state index contributed by atoms with van der Waals surface area (Å²) in [5, 5.41) is 8.41. The molecule has 0 aliphatic heterocycles. The number of halogens is 1. The predicted octanol–water partition coefficient (Wildman–Crippen LogP) is 4.45. The number of carbonyl (C=O) groups is 3. The van der Waals surface area contributed by atoms with Gasteiger partial charge in [-0.3, -0.25) is 9.59 Å². The van der Waals surface area contributed by atoms with Crippen LogP contribution in [-0.2, 0) is 9.53 Å². The van der Waals surface area contributed by atoms with Gasteiger partial charge in [0.1, 0.15) is 11.4 Å². The number of methoxy groups -OCH3 is 1. The van der Waals surface area contributed by atoms with Gasteiger partial charge in [0.25, 0.3) is 5.91 Å². The molecule has 3 amide bonds. The van der Waals surface area contributed by atoms with E-state index in [1.54, 1.807) is 57.2 Å². The summed E-state index contributed by atoms with van der Waals surface area (Å²) in [4.78, 5) is 36.3. The Balaban J connectivity index is 1.92. The normalized spacial score (nSPS) is 10.7. The highest BCUT2D eigenvalue weighted by Crippen LogP contribution is 2.24. The fourth-order valence-corrected chi connectivity index (χ4v) is 2.72. The van der Waals surface area contributed by atoms with E-state index in [9.17, 15) is 14.4 Å². The van der Waals surface area contributed by atoms with Crippen LogP contribution >= 0.6 is 11.6 Å². The van der Waals surface area contributed by atoms with E-state index in [1.165, 1.54) is 13.2 Å². The molecular formula is C22H26ClN3O5. The number of benzene rings is 2. The number of hydrogen-bond acceptors (Lipinski definition) is 5. The van der Waals surface area contributed by atoms with Crippen LogP contribution in [0.4, 0.5) is 16.2 Å². The van der Waals surface area contributed by atoms with Gasteiger partial charge in [0.15, 0.2) is 0 Å². The van der Waals surface area contributed by atoms with E-state index >= 15 is 0 Å². The smallest absolute Gasteiger partial charge is 0.407 e. The minimum Gasteiger partial charge on any atom is -0.496 e. The lowest BCUT2D eigenvalue weighted by Crippen LogP contribution is -2.34. The van der Waals surface area contributed by atoms with Crippen LogP contribution in [0.25, 0.3) is 0 Å². The third-order valence-corrected chi connectivity index (χ3v) is 4.07. The fraction of sp³-hybridized carbons (Fsp3) is 0.318. The SMILES string of the molecule is COc1ccc(Cl)cc1C(=O)Nc1cccc(NC(=O)CCNC(=O)OC(C)(C)C)c1. The minimum absolute atomic E-state index is 0.0650. The largest absolute Gasteiger partial charge is 0.496 e. The van der Waals surface area contributed by atoms with Crippen LogP contribution < -0.4 is 20.7 Å². The molecule has 0 aliphatic carbocycles. The molecule has 0 aliphatic rings. The molecule has 0 saturated heterocycles. The van der Waals surface area contributed by atoms with Crippen LogP contribution in [-0.4, -0.2) is 37.2 Å². The van der Waals surface area contributed by atoms with Gasteiger partial charge in [-0.25, -0.2) is 4.79 Å². The van der Waals surface area contributed by atoms with E-state index in [0.717, 1.165) is 0 Å². The van der Waals surface area contributed by atoms with Crippen LogP contribution in [0.1, 0.15) is 37.6 Å². The van der Waals surface area contributed by atoms with E-state index < -0.39 is 17.6 Å². The Morgan fingerprint density at radius 1 is 1.00 bits per heavy atom. The van der Waals surface area contributed by atoms with Crippen LogP contribution in [0, 0.1) is 0 Å². The Labute approximate surface area is 186 Å². The van der Waals surface area contributed by atoms with Gasteiger partial charge < -0.3 is 25.4 Å². The van der Waals surface area contributed by atoms with Crippen molar-refractivity contribution in [3.8, 4) is 5.75 Å². The number of hydrogen-bond donors (Lipinski definition) is 3. The van der Waals surface area contributed by atoms with Gasteiger partial charge in [0, 0.05) is 29.4 Å². The van der Waals surface area contributed by atoms with Gasteiger partial charge in [0.05, 0.1) is 12.7 Å². The molecule has 31 heavy (non-hydrogen) atoms. The molecule has 0 bridgehead atoms. The Bertz CT molecular complexity index is 956. The van der Waals surface area contributed by atoms with Gasteiger partial charge in [-0.15, -0.1) is 0 Å². The first-order valence-corrected chi connectivity index (χ1v) is 9.97. The molecular weight excluding hydrogens is 422 g/mol. The number of alkyl carbamates (subject to hydrolysis) is 1. The molecule has 0 spiro atoms. The summed E-state index contributed by atoms with van der Waals surface area (Å²) < 4.78 is 10.3. The topological polar surface area (TPSA) is 106 Å². The summed E-state index contributed by atoms with van der Waals surface area (Å²) in [7, 11) is 1.47. The Kier molecular flexibility index (Phi) is 8.27. The van der Waals surface area contributed by atoms with Crippen LogP contribution in [0.3, 0.4) is 0 Å². The van der Waals surface area contributed by atoms with Crippen molar-refractivity contribution in [2.75, 3.05) is 24.3 Å². The van der Waals surface area contributed by atoms with Crippen molar-refractivity contribution < 1.29 is 23.9 Å². The summed E-state index contributed by atoms with van der Waals surface area (Å²) in [5.41, 5.74) is 0.666. The zero-order chi connectivity index (χ0) is 23.0. The average molecular weight is 448 g/mol. The summed E-state index contributed by atoms with van der Waals surface area (Å²) >= 11 is 5.98. The highest BCUT2D eigenvalue weighted by molar-refractivity contribution is 6.31. The molecule has 0 saturated carbocycles. The summed E-state index contributed by atoms with van der Waals surface area (Å²) in [6, 6.07) is 11.4. The first-order chi connectivity index (χ1) is 14.6. The number of amides is 3. The van der Waals surface area contributed by atoms with Crippen LogP contribution in [0.5, 0.6) is 5.75 Å². The molecule has 0 aromatic heterocycles. The van der Waals surface area contributed by atoms with Gasteiger partial charge in [-0.05, 0) is 57.2 Å². The molecule has 0 atom stereocenters. The maximum atomic E-state index is 12.6. The van der Waals surface area contributed by atoms with Crippen molar-refractivity contribution in [2.24, 2.45) is 0 Å². The number of carbonyl (C=O) groups excluding carboxylic acids is 3. The second-order valence-electron chi connectivity index (χ2n) is 7.61. The number of rotatable bonds is 7. The Hall–Kier alpha value is -3.26. The van der Waals surface area contributed by atoms with Crippen molar-refractivity contribution in [1.29, 1.82) is 0 Å². The summed E-state index contributed by atoms with van der Waals surface area (Å²) in [6.07, 6.45) is -0.517. The van der Waals surface area contributed by atoms with Crippen molar-refractivity contribution >= 4 is 40.9 Å². The molecule has 8 nitrogen and oxygen atoms in total. The zero-order valence-corrected chi connectivity index (χ0v) is 18.6.